The maximum absolute atomic E-state index is 5.93. The maximum atomic E-state index is 5.93. The van der Waals surface area contributed by atoms with Gasteiger partial charge in [0.15, 0.2) is 0 Å². The summed E-state index contributed by atoms with van der Waals surface area (Å²) in [5.74, 6) is 0. The van der Waals surface area contributed by atoms with Gasteiger partial charge in [-0.05, 0) is 24.5 Å². The Kier molecular flexibility index (Phi) is 2.38. The van der Waals surface area contributed by atoms with Crippen molar-refractivity contribution in [3.63, 3.8) is 0 Å². The minimum Gasteiger partial charge on any atom is -0.236 e. The second-order valence-electron chi connectivity index (χ2n) is 2.55. The number of hydrogen-bond acceptors (Lipinski definition) is 3. The summed E-state index contributed by atoms with van der Waals surface area (Å²) in [4.78, 5) is 9.21. The predicted molar refractivity (Wildman–Crippen MR) is 56.3 cm³/mol. The van der Waals surface area contributed by atoms with E-state index in [1.54, 1.807) is 11.8 Å². The van der Waals surface area contributed by atoms with E-state index >= 15 is 0 Å². The molecule has 1 aromatic carbocycles. The van der Waals surface area contributed by atoms with Gasteiger partial charge in [0.2, 0.25) is 0 Å². The number of benzene rings is 1. The van der Waals surface area contributed by atoms with Gasteiger partial charge in [0, 0.05) is 10.3 Å². The number of rotatable bonds is 1. The smallest absolute Gasteiger partial charge is 0.140 e. The average molecular weight is 211 g/mol. The zero-order valence-electron chi connectivity index (χ0n) is 6.99. The van der Waals surface area contributed by atoms with Crippen LogP contribution in [-0.4, -0.2) is 16.2 Å². The molecule has 13 heavy (non-hydrogen) atoms. The van der Waals surface area contributed by atoms with Crippen LogP contribution in [0, 0.1) is 0 Å². The molecule has 66 valence electrons. The van der Waals surface area contributed by atoms with Crippen molar-refractivity contribution in [2.45, 2.75) is 4.90 Å². The highest BCUT2D eigenvalue weighted by Crippen LogP contribution is 2.24. The van der Waals surface area contributed by atoms with Crippen molar-refractivity contribution in [1.29, 1.82) is 0 Å². The molecule has 0 N–H and O–H groups in total. The van der Waals surface area contributed by atoms with Gasteiger partial charge in [0.1, 0.15) is 11.5 Å². The first-order valence-electron chi connectivity index (χ1n) is 3.75. The van der Waals surface area contributed by atoms with Gasteiger partial charge in [-0.25, -0.2) is 9.97 Å². The molecule has 0 saturated heterocycles. The second-order valence-corrected chi connectivity index (χ2v) is 3.79. The maximum Gasteiger partial charge on any atom is 0.140 e. The largest absolute Gasteiger partial charge is 0.236 e. The Hall–Kier alpha value is -0.800. The Morgan fingerprint density at radius 1 is 1.31 bits per heavy atom. The van der Waals surface area contributed by atoms with Crippen LogP contribution < -0.4 is 0 Å². The summed E-state index contributed by atoms with van der Waals surface area (Å²) in [6.07, 6.45) is 3.50. The molecule has 1 heterocycles. The predicted octanol–water partition coefficient (Wildman–Crippen LogP) is 3.01. The summed E-state index contributed by atoms with van der Waals surface area (Å²) in [5.41, 5.74) is 0.887. The molecule has 0 aliphatic carbocycles. The van der Waals surface area contributed by atoms with Crippen molar-refractivity contribution in [3.8, 4) is 0 Å². The summed E-state index contributed by atoms with van der Waals surface area (Å²) in [6, 6.07) is 5.98. The number of hydrogen-bond donors (Lipinski definition) is 0. The van der Waals surface area contributed by atoms with E-state index < -0.39 is 0 Å². The van der Waals surface area contributed by atoms with Crippen molar-refractivity contribution in [3.05, 3.63) is 29.7 Å². The summed E-state index contributed by atoms with van der Waals surface area (Å²) >= 11 is 7.60. The molecule has 0 radical (unpaired) electrons. The van der Waals surface area contributed by atoms with Crippen LogP contribution >= 0.6 is 23.4 Å². The van der Waals surface area contributed by atoms with Crippen molar-refractivity contribution >= 4 is 34.3 Å². The van der Waals surface area contributed by atoms with Crippen LogP contribution in [0.15, 0.2) is 29.4 Å². The molecule has 2 rings (SSSR count). The third kappa shape index (κ3) is 1.62. The van der Waals surface area contributed by atoms with Crippen LogP contribution in [0.1, 0.15) is 0 Å². The third-order valence-electron chi connectivity index (χ3n) is 1.79. The van der Waals surface area contributed by atoms with E-state index in [9.17, 15) is 0 Å². The van der Waals surface area contributed by atoms with Gasteiger partial charge in [-0.1, -0.05) is 11.6 Å². The highest BCUT2D eigenvalue weighted by atomic mass is 35.5. The van der Waals surface area contributed by atoms with Crippen molar-refractivity contribution in [1.82, 2.24) is 9.97 Å². The van der Waals surface area contributed by atoms with Crippen molar-refractivity contribution < 1.29 is 0 Å². The van der Waals surface area contributed by atoms with E-state index in [1.807, 2.05) is 24.5 Å². The zero-order chi connectivity index (χ0) is 9.26. The minimum atomic E-state index is 0.515. The van der Waals surface area contributed by atoms with Crippen LogP contribution in [-0.2, 0) is 0 Å². The molecule has 2 nitrogen and oxygen atoms in total. The van der Waals surface area contributed by atoms with E-state index in [1.165, 1.54) is 11.2 Å². The lowest BCUT2D eigenvalue weighted by Gasteiger charge is -2.00. The lowest BCUT2D eigenvalue weighted by atomic mass is 10.2. The van der Waals surface area contributed by atoms with Crippen LogP contribution in [0.25, 0.3) is 10.9 Å². The third-order valence-corrected chi connectivity index (χ3v) is 2.82. The highest BCUT2D eigenvalue weighted by Gasteiger charge is 2.01. The number of fused-ring (bicyclic) bond motifs is 1. The average Bonchev–Trinajstić information content (AvgIpc) is 2.18. The standard InChI is InChI=1S/C9H7ClN2S/c1-13-6-2-3-8-7(4-6)9(10)12-5-11-8/h2-5H,1H3. The lowest BCUT2D eigenvalue weighted by Crippen LogP contribution is -1.83. The van der Waals surface area contributed by atoms with E-state index in [0.717, 1.165) is 10.9 Å². The second kappa shape index (κ2) is 3.52. The molecule has 4 heteroatoms. The molecular weight excluding hydrogens is 204 g/mol. The summed E-state index contributed by atoms with van der Waals surface area (Å²) in [6.45, 7) is 0. The Morgan fingerprint density at radius 3 is 2.92 bits per heavy atom. The summed E-state index contributed by atoms with van der Waals surface area (Å²) in [7, 11) is 0. The lowest BCUT2D eigenvalue weighted by molar-refractivity contribution is 1.22. The van der Waals surface area contributed by atoms with Crippen molar-refractivity contribution in [2.24, 2.45) is 0 Å². The van der Waals surface area contributed by atoms with Gasteiger partial charge in [0.25, 0.3) is 0 Å². The molecule has 0 aliphatic rings. The Labute approximate surface area is 85.3 Å². The highest BCUT2D eigenvalue weighted by molar-refractivity contribution is 7.98. The van der Waals surface area contributed by atoms with Gasteiger partial charge in [-0.3, -0.25) is 0 Å². The minimum absolute atomic E-state index is 0.515. The molecule has 0 fully saturated rings. The normalized spacial score (nSPS) is 10.6. The molecule has 0 saturated carbocycles. The summed E-state index contributed by atoms with van der Waals surface area (Å²) < 4.78 is 0. The monoisotopic (exact) mass is 210 g/mol. The van der Waals surface area contributed by atoms with Gasteiger partial charge < -0.3 is 0 Å². The first-order valence-corrected chi connectivity index (χ1v) is 5.36. The van der Waals surface area contributed by atoms with Crippen LogP contribution in [0.2, 0.25) is 5.15 Å². The van der Waals surface area contributed by atoms with Gasteiger partial charge in [-0.15, -0.1) is 11.8 Å². The fourth-order valence-corrected chi connectivity index (χ4v) is 1.77. The first-order chi connectivity index (χ1) is 6.31. The molecule has 1 aromatic heterocycles. The van der Waals surface area contributed by atoms with E-state index in [2.05, 4.69) is 9.97 Å². The molecule has 0 bridgehead atoms. The van der Waals surface area contributed by atoms with Crippen molar-refractivity contribution in [2.75, 3.05) is 6.26 Å². The SMILES string of the molecule is CSc1ccc2ncnc(Cl)c2c1. The Balaban J connectivity index is 2.74. The first kappa shape index (κ1) is 8.78. The molecule has 0 amide bonds. The zero-order valence-corrected chi connectivity index (χ0v) is 8.56. The topological polar surface area (TPSA) is 25.8 Å². The Bertz CT molecular complexity index is 445. The molecule has 2 aromatic rings. The van der Waals surface area contributed by atoms with E-state index in [4.69, 9.17) is 11.6 Å². The van der Waals surface area contributed by atoms with Gasteiger partial charge in [-0.2, -0.15) is 0 Å². The number of nitrogens with zero attached hydrogens (tertiary/aromatic N) is 2. The Morgan fingerprint density at radius 2 is 2.15 bits per heavy atom. The van der Waals surface area contributed by atoms with Crippen LogP contribution in [0.5, 0.6) is 0 Å². The fourth-order valence-electron chi connectivity index (χ4n) is 1.13. The van der Waals surface area contributed by atoms with Crippen LogP contribution in [0.4, 0.5) is 0 Å². The van der Waals surface area contributed by atoms with E-state index in [-0.39, 0.29) is 0 Å². The van der Waals surface area contributed by atoms with Gasteiger partial charge >= 0.3 is 0 Å². The molecule has 0 atom stereocenters. The molecule has 0 spiro atoms. The quantitative estimate of drug-likeness (QED) is 0.535. The fraction of sp³-hybridized carbons (Fsp3) is 0.111. The van der Waals surface area contributed by atoms with Gasteiger partial charge in [0.05, 0.1) is 5.52 Å². The molecule has 0 unspecified atom stereocenters. The molecule has 0 aliphatic heterocycles. The number of aromatic nitrogens is 2. The van der Waals surface area contributed by atoms with E-state index in [0.29, 0.717) is 5.15 Å². The number of thioether (sulfide) groups is 1. The number of halogens is 1. The summed E-state index contributed by atoms with van der Waals surface area (Å²) in [5, 5.41) is 1.43. The van der Waals surface area contributed by atoms with Crippen LogP contribution in [0.3, 0.4) is 0 Å². The molecular formula is C9H7ClN2S.